The van der Waals surface area contributed by atoms with Gasteiger partial charge in [-0.1, -0.05) is 24.3 Å². The van der Waals surface area contributed by atoms with Crippen LogP contribution in [-0.4, -0.2) is 62.3 Å². The number of H-pyrrole nitrogens is 1. The van der Waals surface area contributed by atoms with Gasteiger partial charge in [-0.2, -0.15) is 0 Å². The number of benzene rings is 2. The minimum Gasteiger partial charge on any atom is -0.361 e. The van der Waals surface area contributed by atoms with Crippen LogP contribution in [0.1, 0.15) is 23.1 Å². The second-order valence-electron chi connectivity index (χ2n) is 8.56. The zero-order valence-corrected chi connectivity index (χ0v) is 18.2. The molecule has 0 atom stereocenters. The Kier molecular flexibility index (Phi) is 5.82. The summed E-state index contributed by atoms with van der Waals surface area (Å²) in [7, 11) is 0. The fourth-order valence-electron chi connectivity index (χ4n) is 4.56. The van der Waals surface area contributed by atoms with Crippen LogP contribution in [0.4, 0.5) is 0 Å². The number of nitrogens with one attached hydrogen (secondary N) is 1. The molecule has 31 heavy (non-hydrogen) atoms. The first-order valence-corrected chi connectivity index (χ1v) is 11.2. The Balaban J connectivity index is 1.13. The molecule has 3 heterocycles. The lowest BCUT2D eigenvalue weighted by atomic mass is 10.1. The van der Waals surface area contributed by atoms with Gasteiger partial charge in [0.1, 0.15) is 12.7 Å². The Morgan fingerprint density at radius 2 is 1.68 bits per heavy atom. The molecule has 6 nitrogen and oxygen atoms in total. The molecule has 0 unspecified atom stereocenters. The second-order valence-corrected chi connectivity index (χ2v) is 8.56. The third-order valence-corrected chi connectivity index (χ3v) is 6.51. The molecule has 0 radical (unpaired) electrons. The Labute approximate surface area is 183 Å². The van der Waals surface area contributed by atoms with E-state index in [9.17, 15) is 0 Å². The van der Waals surface area contributed by atoms with Crippen molar-refractivity contribution in [2.24, 2.45) is 0 Å². The molecule has 1 N–H and O–H groups in total. The monoisotopic (exact) mass is 414 g/mol. The van der Waals surface area contributed by atoms with Crippen LogP contribution in [0, 0.1) is 6.92 Å². The van der Waals surface area contributed by atoms with E-state index in [-0.39, 0.29) is 0 Å². The number of hydrogen-bond donors (Lipinski definition) is 1. The Bertz CT molecular complexity index is 1120. The summed E-state index contributed by atoms with van der Waals surface area (Å²) in [5, 5.41) is 9.14. The molecule has 2 aromatic heterocycles. The molecule has 160 valence electrons. The summed E-state index contributed by atoms with van der Waals surface area (Å²) in [5.41, 5.74) is 6.54. The van der Waals surface area contributed by atoms with E-state index < -0.39 is 0 Å². The highest BCUT2D eigenvalue weighted by Crippen LogP contribution is 2.23. The summed E-state index contributed by atoms with van der Waals surface area (Å²) in [5.74, 6) is 0. The minimum atomic E-state index is 1.07. The Hall–Kier alpha value is -2.96. The van der Waals surface area contributed by atoms with Crippen molar-refractivity contribution in [1.82, 2.24) is 29.5 Å². The van der Waals surface area contributed by atoms with Crippen LogP contribution in [0.3, 0.4) is 0 Å². The van der Waals surface area contributed by atoms with Gasteiger partial charge in [0.15, 0.2) is 0 Å². The first kappa shape index (κ1) is 20.0. The van der Waals surface area contributed by atoms with Crippen LogP contribution in [0.15, 0.2) is 61.3 Å². The van der Waals surface area contributed by atoms with Crippen LogP contribution < -0.4 is 0 Å². The summed E-state index contributed by atoms with van der Waals surface area (Å²) < 4.78 is 1.95. The molecule has 6 heteroatoms. The molecule has 1 saturated heterocycles. The Morgan fingerprint density at radius 1 is 0.903 bits per heavy atom. The molecule has 0 bridgehead atoms. The van der Waals surface area contributed by atoms with Gasteiger partial charge in [-0.15, -0.1) is 10.2 Å². The number of nitrogens with zero attached hydrogens (tertiary/aromatic N) is 5. The summed E-state index contributed by atoms with van der Waals surface area (Å²) in [6.07, 6.45) is 7.93. The van der Waals surface area contributed by atoms with Gasteiger partial charge in [-0.05, 0) is 61.2 Å². The summed E-state index contributed by atoms with van der Waals surface area (Å²) in [6.45, 7) is 9.09. The lowest BCUT2D eigenvalue weighted by molar-refractivity contribution is 0.126. The Morgan fingerprint density at radius 3 is 2.48 bits per heavy atom. The van der Waals surface area contributed by atoms with Crippen LogP contribution in [0.2, 0.25) is 0 Å². The van der Waals surface area contributed by atoms with E-state index in [4.69, 9.17) is 0 Å². The first-order valence-electron chi connectivity index (χ1n) is 11.2. The molecule has 1 aliphatic rings. The van der Waals surface area contributed by atoms with Crippen LogP contribution in [0.5, 0.6) is 0 Å². The van der Waals surface area contributed by atoms with Gasteiger partial charge in [-0.25, -0.2) is 0 Å². The number of piperazine rings is 1. The van der Waals surface area contributed by atoms with Gasteiger partial charge in [0.2, 0.25) is 0 Å². The predicted molar refractivity (Wildman–Crippen MR) is 124 cm³/mol. The third kappa shape index (κ3) is 4.55. The molecular formula is C25H30N6. The normalized spacial score (nSPS) is 15.6. The molecule has 1 fully saturated rings. The number of rotatable bonds is 7. The average Bonchev–Trinajstić information content (AvgIpc) is 3.47. The average molecular weight is 415 g/mol. The van der Waals surface area contributed by atoms with Crippen molar-refractivity contribution >= 4 is 10.9 Å². The van der Waals surface area contributed by atoms with Crippen molar-refractivity contribution in [3.8, 4) is 5.69 Å². The van der Waals surface area contributed by atoms with E-state index in [0.717, 1.165) is 51.4 Å². The topological polar surface area (TPSA) is 53.0 Å². The zero-order valence-electron chi connectivity index (χ0n) is 18.2. The predicted octanol–water partition coefficient (Wildman–Crippen LogP) is 3.81. The summed E-state index contributed by atoms with van der Waals surface area (Å²) in [6, 6.07) is 15.2. The molecule has 4 aromatic rings. The van der Waals surface area contributed by atoms with E-state index >= 15 is 0 Å². The lowest BCUT2D eigenvalue weighted by Crippen LogP contribution is -2.46. The molecule has 0 aliphatic carbocycles. The highest BCUT2D eigenvalue weighted by atomic mass is 15.3. The first-order chi connectivity index (χ1) is 15.3. The van der Waals surface area contributed by atoms with Crippen molar-refractivity contribution in [3.63, 3.8) is 0 Å². The smallest absolute Gasteiger partial charge is 0.123 e. The van der Waals surface area contributed by atoms with E-state index in [1.54, 1.807) is 12.7 Å². The summed E-state index contributed by atoms with van der Waals surface area (Å²) >= 11 is 0. The molecule has 0 amide bonds. The SMILES string of the molecule is Cc1ccccc1CN1CCN(CCCc2c[nH]c3ccc(-n4cnnc4)cc23)CC1. The van der Waals surface area contributed by atoms with E-state index in [1.807, 2.05) is 4.57 Å². The van der Waals surface area contributed by atoms with Gasteiger partial charge in [0, 0.05) is 55.5 Å². The lowest BCUT2D eigenvalue weighted by Gasteiger charge is -2.35. The molecule has 1 aliphatic heterocycles. The number of fused-ring (bicyclic) bond motifs is 1. The largest absolute Gasteiger partial charge is 0.361 e. The van der Waals surface area contributed by atoms with Crippen molar-refractivity contribution < 1.29 is 0 Å². The van der Waals surface area contributed by atoms with Gasteiger partial charge < -0.3 is 9.88 Å². The van der Waals surface area contributed by atoms with Crippen molar-refractivity contribution in [2.45, 2.75) is 26.3 Å². The minimum absolute atomic E-state index is 1.07. The highest BCUT2D eigenvalue weighted by molar-refractivity contribution is 5.85. The van der Waals surface area contributed by atoms with Crippen LogP contribution in [-0.2, 0) is 13.0 Å². The van der Waals surface area contributed by atoms with Crippen molar-refractivity contribution in [3.05, 3.63) is 78.0 Å². The van der Waals surface area contributed by atoms with E-state index in [1.165, 1.54) is 34.0 Å². The number of aromatic nitrogens is 4. The van der Waals surface area contributed by atoms with E-state index in [0.29, 0.717) is 0 Å². The van der Waals surface area contributed by atoms with E-state index in [2.05, 4.69) is 80.6 Å². The molecular weight excluding hydrogens is 384 g/mol. The molecule has 0 saturated carbocycles. The number of hydrogen-bond acceptors (Lipinski definition) is 4. The molecule has 0 spiro atoms. The standard InChI is InChI=1S/C25H30N6/c1-20-5-2-3-6-22(20)17-30-13-11-29(12-14-30)10-4-7-21-16-26-25-9-8-23(15-24(21)25)31-18-27-28-19-31/h2-3,5-6,8-9,15-16,18-19,26H,4,7,10-14,17H2,1H3. The second kappa shape index (κ2) is 9.04. The van der Waals surface area contributed by atoms with Crippen LogP contribution >= 0.6 is 0 Å². The maximum absolute atomic E-state index is 3.92. The summed E-state index contributed by atoms with van der Waals surface area (Å²) in [4.78, 5) is 8.63. The molecule has 5 rings (SSSR count). The zero-order chi connectivity index (χ0) is 21.0. The van der Waals surface area contributed by atoms with Crippen molar-refractivity contribution in [2.75, 3.05) is 32.7 Å². The van der Waals surface area contributed by atoms with Crippen molar-refractivity contribution in [1.29, 1.82) is 0 Å². The quantitative estimate of drug-likeness (QED) is 0.500. The van der Waals surface area contributed by atoms with Gasteiger partial charge in [-0.3, -0.25) is 9.47 Å². The highest BCUT2D eigenvalue weighted by Gasteiger charge is 2.17. The van der Waals surface area contributed by atoms with Gasteiger partial charge in [0.05, 0.1) is 0 Å². The maximum Gasteiger partial charge on any atom is 0.123 e. The maximum atomic E-state index is 3.92. The van der Waals surface area contributed by atoms with Gasteiger partial charge >= 0.3 is 0 Å². The fraction of sp³-hybridized carbons (Fsp3) is 0.360. The third-order valence-electron chi connectivity index (χ3n) is 6.51. The van der Waals surface area contributed by atoms with Gasteiger partial charge in [0.25, 0.3) is 0 Å². The van der Waals surface area contributed by atoms with Crippen LogP contribution in [0.25, 0.3) is 16.6 Å². The molecule has 2 aromatic carbocycles. The fourth-order valence-corrected chi connectivity index (χ4v) is 4.56. The number of aryl methyl sites for hydroxylation is 2. The number of aromatic amines is 1.